The van der Waals surface area contributed by atoms with Crippen LogP contribution in [0, 0.1) is 0 Å². The largest absolute Gasteiger partial charge is 0.438 e. The van der Waals surface area contributed by atoms with Crippen molar-refractivity contribution in [3.05, 3.63) is 52.6 Å². The number of hydrogen-bond acceptors (Lipinski definition) is 2. The number of pyridine rings is 1. The summed E-state index contributed by atoms with van der Waals surface area (Å²) in [6.45, 7) is 0. The summed E-state index contributed by atoms with van der Waals surface area (Å²) in [4.78, 5) is 4.25. The molecule has 0 N–H and O–H groups in total. The lowest BCUT2D eigenvalue weighted by atomic mass is 10.3. The fourth-order valence-electron chi connectivity index (χ4n) is 1.23. The van der Waals surface area contributed by atoms with Crippen molar-refractivity contribution in [3.63, 3.8) is 0 Å². The molecular formula is C12H9BrClNO. The van der Waals surface area contributed by atoms with Crippen LogP contribution in [0.2, 0.25) is 0 Å². The van der Waals surface area contributed by atoms with E-state index in [1.54, 1.807) is 6.07 Å². The molecule has 0 aliphatic rings. The number of halogens is 2. The zero-order valence-corrected chi connectivity index (χ0v) is 10.7. The van der Waals surface area contributed by atoms with Gasteiger partial charge < -0.3 is 4.74 Å². The molecule has 0 bridgehead atoms. The monoisotopic (exact) mass is 297 g/mol. The van der Waals surface area contributed by atoms with Crippen LogP contribution in [0.15, 0.2) is 46.9 Å². The molecule has 1 heterocycles. The highest BCUT2D eigenvalue weighted by Crippen LogP contribution is 2.28. The van der Waals surface area contributed by atoms with Gasteiger partial charge in [-0.1, -0.05) is 18.2 Å². The Kier molecular flexibility index (Phi) is 3.80. The number of para-hydroxylation sites is 1. The summed E-state index contributed by atoms with van der Waals surface area (Å²) in [6.07, 6.45) is 0. The van der Waals surface area contributed by atoms with E-state index in [2.05, 4.69) is 20.9 Å². The summed E-state index contributed by atoms with van der Waals surface area (Å²) < 4.78 is 6.53. The van der Waals surface area contributed by atoms with E-state index in [1.807, 2.05) is 36.4 Å². The molecule has 0 saturated carbocycles. The van der Waals surface area contributed by atoms with E-state index in [0.717, 1.165) is 15.9 Å². The van der Waals surface area contributed by atoms with E-state index in [0.29, 0.717) is 11.8 Å². The van der Waals surface area contributed by atoms with Crippen molar-refractivity contribution in [2.45, 2.75) is 5.88 Å². The van der Waals surface area contributed by atoms with Crippen LogP contribution in [0.5, 0.6) is 11.6 Å². The van der Waals surface area contributed by atoms with Gasteiger partial charge in [-0.2, -0.15) is 0 Å². The van der Waals surface area contributed by atoms with Crippen molar-refractivity contribution in [3.8, 4) is 11.6 Å². The van der Waals surface area contributed by atoms with Gasteiger partial charge in [0.25, 0.3) is 0 Å². The van der Waals surface area contributed by atoms with Crippen LogP contribution >= 0.6 is 27.5 Å². The Morgan fingerprint density at radius 1 is 1.12 bits per heavy atom. The van der Waals surface area contributed by atoms with Crippen LogP contribution in [0.25, 0.3) is 0 Å². The first-order valence-electron chi connectivity index (χ1n) is 4.74. The van der Waals surface area contributed by atoms with Gasteiger partial charge in [-0.3, -0.25) is 0 Å². The molecule has 1 aromatic heterocycles. The van der Waals surface area contributed by atoms with Crippen molar-refractivity contribution in [1.29, 1.82) is 0 Å². The number of benzene rings is 1. The van der Waals surface area contributed by atoms with E-state index in [4.69, 9.17) is 16.3 Å². The second-order valence-electron chi connectivity index (χ2n) is 3.13. The molecule has 0 radical (unpaired) electrons. The number of alkyl halides is 1. The van der Waals surface area contributed by atoms with Crippen molar-refractivity contribution < 1.29 is 4.74 Å². The fourth-order valence-corrected chi connectivity index (χ4v) is 1.74. The van der Waals surface area contributed by atoms with Crippen LogP contribution in [0.1, 0.15) is 5.69 Å². The topological polar surface area (TPSA) is 22.1 Å². The number of hydrogen-bond donors (Lipinski definition) is 0. The molecule has 4 heteroatoms. The highest BCUT2D eigenvalue weighted by molar-refractivity contribution is 9.10. The van der Waals surface area contributed by atoms with Gasteiger partial charge in [0.15, 0.2) is 0 Å². The Labute approximate surface area is 107 Å². The van der Waals surface area contributed by atoms with Gasteiger partial charge in [0, 0.05) is 6.07 Å². The molecule has 0 amide bonds. The van der Waals surface area contributed by atoms with Gasteiger partial charge >= 0.3 is 0 Å². The van der Waals surface area contributed by atoms with Gasteiger partial charge in [-0.15, -0.1) is 11.6 Å². The molecule has 0 fully saturated rings. The molecule has 82 valence electrons. The zero-order chi connectivity index (χ0) is 11.4. The van der Waals surface area contributed by atoms with Crippen molar-refractivity contribution >= 4 is 27.5 Å². The van der Waals surface area contributed by atoms with Gasteiger partial charge in [0.05, 0.1) is 16.0 Å². The van der Waals surface area contributed by atoms with Crippen LogP contribution in [0.3, 0.4) is 0 Å². The predicted octanol–water partition coefficient (Wildman–Crippen LogP) is 4.38. The number of nitrogens with zero attached hydrogens (tertiary/aromatic N) is 1. The van der Waals surface area contributed by atoms with E-state index < -0.39 is 0 Å². The summed E-state index contributed by atoms with van der Waals surface area (Å²) >= 11 is 9.12. The van der Waals surface area contributed by atoms with Crippen LogP contribution in [0.4, 0.5) is 0 Å². The maximum atomic E-state index is 5.71. The zero-order valence-electron chi connectivity index (χ0n) is 8.36. The normalized spacial score (nSPS) is 10.1. The Bertz CT molecular complexity index is 490. The lowest BCUT2D eigenvalue weighted by Crippen LogP contribution is -1.91. The molecule has 0 aliphatic carbocycles. The Hall–Kier alpha value is -1.06. The van der Waals surface area contributed by atoms with Gasteiger partial charge in [-0.25, -0.2) is 4.98 Å². The average Bonchev–Trinajstić information content (AvgIpc) is 2.32. The van der Waals surface area contributed by atoms with Crippen LogP contribution in [-0.2, 0) is 5.88 Å². The molecule has 0 spiro atoms. The molecule has 2 aromatic rings. The fraction of sp³-hybridized carbons (Fsp3) is 0.0833. The van der Waals surface area contributed by atoms with Crippen LogP contribution in [-0.4, -0.2) is 4.98 Å². The van der Waals surface area contributed by atoms with Crippen molar-refractivity contribution in [1.82, 2.24) is 4.98 Å². The quantitative estimate of drug-likeness (QED) is 0.785. The molecule has 0 aliphatic heterocycles. The van der Waals surface area contributed by atoms with Gasteiger partial charge in [-0.05, 0) is 34.1 Å². The summed E-state index contributed by atoms with van der Waals surface area (Å²) in [6, 6.07) is 13.2. The maximum Gasteiger partial charge on any atom is 0.219 e. The number of rotatable bonds is 3. The minimum Gasteiger partial charge on any atom is -0.438 e. The molecule has 1 aromatic carbocycles. The first kappa shape index (κ1) is 11.4. The molecule has 2 nitrogen and oxygen atoms in total. The summed E-state index contributed by atoms with van der Waals surface area (Å²) in [7, 11) is 0. The third-order valence-corrected chi connectivity index (χ3v) is 2.90. The van der Waals surface area contributed by atoms with E-state index in [9.17, 15) is 0 Å². The van der Waals surface area contributed by atoms with Crippen LogP contribution < -0.4 is 4.74 Å². The number of ether oxygens (including phenoxy) is 1. The maximum absolute atomic E-state index is 5.71. The van der Waals surface area contributed by atoms with Crippen molar-refractivity contribution in [2.75, 3.05) is 0 Å². The second-order valence-corrected chi connectivity index (χ2v) is 4.25. The second kappa shape index (κ2) is 5.32. The van der Waals surface area contributed by atoms with Gasteiger partial charge in [0.1, 0.15) is 5.75 Å². The smallest absolute Gasteiger partial charge is 0.219 e. The molecule has 0 unspecified atom stereocenters. The Morgan fingerprint density at radius 3 is 2.69 bits per heavy atom. The van der Waals surface area contributed by atoms with E-state index in [1.165, 1.54) is 0 Å². The van der Waals surface area contributed by atoms with E-state index in [-0.39, 0.29) is 0 Å². The number of aromatic nitrogens is 1. The first-order valence-corrected chi connectivity index (χ1v) is 6.06. The highest BCUT2D eigenvalue weighted by Gasteiger charge is 2.03. The molecule has 0 atom stereocenters. The lowest BCUT2D eigenvalue weighted by Gasteiger charge is -2.06. The minimum absolute atomic E-state index is 0.382. The Morgan fingerprint density at radius 2 is 1.94 bits per heavy atom. The first-order chi connectivity index (χ1) is 7.79. The molecule has 16 heavy (non-hydrogen) atoms. The Balaban J connectivity index is 2.24. The SMILES string of the molecule is ClCc1cccc(Oc2ccccc2Br)n1. The average molecular weight is 299 g/mol. The standard InChI is InChI=1S/C12H9BrClNO/c13-10-5-1-2-6-11(10)16-12-7-3-4-9(8-14)15-12/h1-7H,8H2. The third-order valence-electron chi connectivity index (χ3n) is 1.97. The summed E-state index contributed by atoms with van der Waals surface area (Å²) in [5, 5.41) is 0. The van der Waals surface area contributed by atoms with Gasteiger partial charge in [0.2, 0.25) is 5.88 Å². The van der Waals surface area contributed by atoms with Crippen molar-refractivity contribution in [2.24, 2.45) is 0 Å². The minimum atomic E-state index is 0.382. The molecular weight excluding hydrogens is 289 g/mol. The predicted molar refractivity (Wildman–Crippen MR) is 68.0 cm³/mol. The molecule has 0 saturated heterocycles. The molecule has 2 rings (SSSR count). The summed E-state index contributed by atoms with van der Waals surface area (Å²) in [5.41, 5.74) is 0.797. The van der Waals surface area contributed by atoms with E-state index >= 15 is 0 Å². The summed E-state index contributed by atoms with van der Waals surface area (Å²) in [5.74, 6) is 1.67. The third kappa shape index (κ3) is 2.74. The highest BCUT2D eigenvalue weighted by atomic mass is 79.9. The lowest BCUT2D eigenvalue weighted by molar-refractivity contribution is 0.458.